The number of rotatable bonds is 7. The summed E-state index contributed by atoms with van der Waals surface area (Å²) in [5.74, 6) is -2.06. The number of amides is 2. The fraction of sp³-hybridized carbons (Fsp3) is 0.700. The number of carboxylic acids is 1. The highest BCUT2D eigenvalue weighted by Gasteiger charge is 2.27. The van der Waals surface area contributed by atoms with Gasteiger partial charge >= 0.3 is 24.1 Å². The van der Waals surface area contributed by atoms with Gasteiger partial charge in [-0.3, -0.25) is 4.79 Å². The van der Waals surface area contributed by atoms with Crippen LogP contribution in [-0.2, 0) is 14.3 Å². The summed E-state index contributed by atoms with van der Waals surface area (Å²) >= 11 is 0. The van der Waals surface area contributed by atoms with Crippen LogP contribution < -0.4 is 10.6 Å². The minimum absolute atomic E-state index is 0.227. The zero-order valence-corrected chi connectivity index (χ0v) is 10.6. The van der Waals surface area contributed by atoms with Gasteiger partial charge in [0.2, 0.25) is 0 Å². The highest BCUT2D eigenvalue weighted by Crippen LogP contribution is 2.18. The van der Waals surface area contributed by atoms with Crippen LogP contribution in [0.15, 0.2) is 0 Å². The molecule has 0 aromatic rings. The average Bonchev–Trinajstić information content (AvgIpc) is 2.31. The van der Waals surface area contributed by atoms with Crippen LogP contribution in [0.5, 0.6) is 0 Å². The van der Waals surface area contributed by atoms with Crippen molar-refractivity contribution in [1.29, 1.82) is 0 Å². The molecule has 116 valence electrons. The maximum atomic E-state index is 11.8. The van der Waals surface area contributed by atoms with Crippen molar-refractivity contribution in [1.82, 2.24) is 10.6 Å². The van der Waals surface area contributed by atoms with Crippen molar-refractivity contribution in [2.75, 3.05) is 13.7 Å². The topological polar surface area (TPSA) is 105 Å². The first-order valence-corrected chi connectivity index (χ1v) is 5.56. The van der Waals surface area contributed by atoms with E-state index in [0.29, 0.717) is 0 Å². The maximum absolute atomic E-state index is 11.8. The molecule has 0 radical (unpaired) electrons. The highest BCUT2D eigenvalue weighted by atomic mass is 19.4. The summed E-state index contributed by atoms with van der Waals surface area (Å²) in [6, 6.07) is -2.44. The van der Waals surface area contributed by atoms with Gasteiger partial charge in [0.1, 0.15) is 6.04 Å². The van der Waals surface area contributed by atoms with E-state index in [0.717, 1.165) is 7.11 Å². The zero-order valence-electron chi connectivity index (χ0n) is 10.6. The molecule has 3 N–H and O–H groups in total. The molecule has 0 bridgehead atoms. The standard InChI is InChI=1S/C10H15F3N2O5/c1-20-7(16)3-2-6(8(17)18)15-9(19)14-5-4-10(11,12)13/h6H,2-5H2,1H3,(H,17,18)(H2,14,15,19)/t6-/m0/s1. The lowest BCUT2D eigenvalue weighted by Gasteiger charge is -2.15. The van der Waals surface area contributed by atoms with Crippen LogP contribution in [0.2, 0.25) is 0 Å². The van der Waals surface area contributed by atoms with E-state index in [1.165, 1.54) is 0 Å². The molecule has 2 amide bonds. The van der Waals surface area contributed by atoms with Crippen molar-refractivity contribution < 1.29 is 37.4 Å². The Morgan fingerprint density at radius 2 is 1.90 bits per heavy atom. The Labute approximate surface area is 112 Å². The first-order valence-electron chi connectivity index (χ1n) is 5.56. The van der Waals surface area contributed by atoms with E-state index in [1.807, 2.05) is 10.6 Å². The summed E-state index contributed by atoms with van der Waals surface area (Å²) in [6.45, 7) is -0.668. The largest absolute Gasteiger partial charge is 0.480 e. The van der Waals surface area contributed by atoms with Crippen LogP contribution in [0.1, 0.15) is 19.3 Å². The third-order valence-electron chi connectivity index (χ3n) is 2.16. The molecule has 0 aliphatic carbocycles. The van der Waals surface area contributed by atoms with Crippen molar-refractivity contribution in [3.8, 4) is 0 Å². The normalized spacial score (nSPS) is 12.4. The second kappa shape index (κ2) is 8.23. The number of hydrogen-bond acceptors (Lipinski definition) is 4. The number of urea groups is 1. The molecule has 0 saturated carbocycles. The average molecular weight is 300 g/mol. The van der Waals surface area contributed by atoms with E-state index in [9.17, 15) is 27.6 Å². The lowest BCUT2D eigenvalue weighted by Crippen LogP contribution is -2.46. The molecule has 1 atom stereocenters. The van der Waals surface area contributed by atoms with Gasteiger partial charge in [-0.1, -0.05) is 0 Å². The molecule has 0 saturated heterocycles. The Balaban J connectivity index is 4.15. The van der Waals surface area contributed by atoms with Gasteiger partial charge in [-0.2, -0.15) is 13.2 Å². The van der Waals surface area contributed by atoms with Crippen LogP contribution in [-0.4, -0.2) is 48.9 Å². The van der Waals surface area contributed by atoms with Crippen molar-refractivity contribution in [2.45, 2.75) is 31.5 Å². The Morgan fingerprint density at radius 3 is 2.35 bits per heavy atom. The molecule has 0 rings (SSSR count). The first kappa shape index (κ1) is 18.0. The van der Waals surface area contributed by atoms with Gasteiger partial charge in [-0.05, 0) is 6.42 Å². The van der Waals surface area contributed by atoms with E-state index in [2.05, 4.69) is 4.74 Å². The van der Waals surface area contributed by atoms with E-state index >= 15 is 0 Å². The number of esters is 1. The second-order valence-electron chi connectivity index (χ2n) is 3.77. The molecule has 0 unspecified atom stereocenters. The van der Waals surface area contributed by atoms with Gasteiger partial charge in [0, 0.05) is 13.0 Å². The van der Waals surface area contributed by atoms with E-state index < -0.39 is 43.2 Å². The molecule has 7 nitrogen and oxygen atoms in total. The monoisotopic (exact) mass is 300 g/mol. The van der Waals surface area contributed by atoms with Gasteiger partial charge in [0.05, 0.1) is 13.5 Å². The van der Waals surface area contributed by atoms with Crippen molar-refractivity contribution in [2.24, 2.45) is 0 Å². The van der Waals surface area contributed by atoms with Gasteiger partial charge in [0.15, 0.2) is 0 Å². The predicted molar refractivity (Wildman–Crippen MR) is 59.9 cm³/mol. The van der Waals surface area contributed by atoms with Crippen molar-refractivity contribution in [3.05, 3.63) is 0 Å². The number of carboxylic acid groups (broad SMARTS) is 1. The van der Waals surface area contributed by atoms with Gasteiger partial charge in [-0.25, -0.2) is 9.59 Å². The zero-order chi connectivity index (χ0) is 15.8. The first-order chi connectivity index (χ1) is 9.15. The predicted octanol–water partition coefficient (Wildman–Crippen LogP) is 0.644. The summed E-state index contributed by atoms with van der Waals surface area (Å²) in [5, 5.41) is 12.6. The van der Waals surface area contributed by atoms with Gasteiger partial charge in [0.25, 0.3) is 0 Å². The molecule has 0 fully saturated rings. The molecule has 0 aromatic heterocycles. The number of halogens is 3. The molecular formula is C10H15F3N2O5. The number of nitrogens with one attached hydrogen (secondary N) is 2. The van der Waals surface area contributed by atoms with Crippen molar-refractivity contribution in [3.63, 3.8) is 0 Å². The van der Waals surface area contributed by atoms with E-state index in [-0.39, 0.29) is 12.8 Å². The molecule has 0 aliphatic rings. The number of alkyl halides is 3. The summed E-state index contributed by atoms with van der Waals surface area (Å²) < 4.78 is 39.8. The number of aliphatic carboxylic acids is 1. The third-order valence-corrected chi connectivity index (χ3v) is 2.16. The minimum Gasteiger partial charge on any atom is -0.480 e. The van der Waals surface area contributed by atoms with E-state index in [1.54, 1.807) is 0 Å². The van der Waals surface area contributed by atoms with Gasteiger partial charge in [-0.15, -0.1) is 0 Å². The number of carbonyl (C=O) groups excluding carboxylic acids is 2. The van der Waals surface area contributed by atoms with Crippen LogP contribution in [0.4, 0.5) is 18.0 Å². The quantitative estimate of drug-likeness (QED) is 0.599. The van der Waals surface area contributed by atoms with Crippen LogP contribution in [0.25, 0.3) is 0 Å². The molecule has 10 heteroatoms. The molecule has 0 aliphatic heterocycles. The minimum atomic E-state index is -4.41. The Kier molecular flexibility index (Phi) is 7.40. The number of ether oxygens (including phenoxy) is 1. The lowest BCUT2D eigenvalue weighted by atomic mass is 10.1. The summed E-state index contributed by atoms with van der Waals surface area (Å²) in [4.78, 5) is 32.8. The number of methoxy groups -OCH3 is 1. The molecule has 0 heterocycles. The highest BCUT2D eigenvalue weighted by molar-refractivity contribution is 5.83. The summed E-state index contributed by atoms with van der Waals surface area (Å²) in [5.41, 5.74) is 0. The van der Waals surface area contributed by atoms with Crippen molar-refractivity contribution >= 4 is 18.0 Å². The lowest BCUT2D eigenvalue weighted by molar-refractivity contribution is -0.142. The fourth-order valence-corrected chi connectivity index (χ4v) is 1.15. The third kappa shape index (κ3) is 9.00. The summed E-state index contributed by atoms with van der Waals surface area (Å²) in [7, 11) is 1.12. The number of hydrogen-bond donors (Lipinski definition) is 3. The Bertz CT molecular complexity index is 359. The molecule has 0 spiro atoms. The Morgan fingerprint density at radius 1 is 1.30 bits per heavy atom. The second-order valence-corrected chi connectivity index (χ2v) is 3.77. The van der Waals surface area contributed by atoms with Crippen LogP contribution in [0.3, 0.4) is 0 Å². The molecular weight excluding hydrogens is 285 g/mol. The Hall–Kier alpha value is -2.00. The molecule has 0 aromatic carbocycles. The van der Waals surface area contributed by atoms with Crippen LogP contribution in [0, 0.1) is 0 Å². The van der Waals surface area contributed by atoms with Gasteiger partial charge < -0.3 is 20.5 Å². The maximum Gasteiger partial charge on any atom is 0.390 e. The fourth-order valence-electron chi connectivity index (χ4n) is 1.15. The number of carbonyl (C=O) groups is 3. The summed E-state index contributed by atoms with van der Waals surface area (Å²) in [6.07, 6.45) is -6.10. The smallest absolute Gasteiger partial charge is 0.390 e. The van der Waals surface area contributed by atoms with Crippen LogP contribution >= 0.6 is 0 Å². The van der Waals surface area contributed by atoms with E-state index in [4.69, 9.17) is 5.11 Å². The SMILES string of the molecule is COC(=O)CC[C@H](NC(=O)NCCC(F)(F)F)C(=O)O. The molecule has 20 heavy (non-hydrogen) atoms.